The molecule has 266 valence electrons. The molecule has 0 amide bonds. The van der Waals surface area contributed by atoms with Crippen LogP contribution in [0.4, 0.5) is 14.6 Å². The summed E-state index contributed by atoms with van der Waals surface area (Å²) in [5.41, 5.74) is -0.615. The predicted molar refractivity (Wildman–Crippen MR) is 186 cm³/mol. The molecule has 5 heterocycles. The van der Waals surface area contributed by atoms with Gasteiger partial charge in [-0.25, -0.2) is 8.78 Å². The van der Waals surface area contributed by atoms with Crippen molar-refractivity contribution in [1.29, 1.82) is 0 Å². The molecule has 4 aromatic rings. The molecule has 10 nitrogen and oxygen atoms in total. The average molecular weight is 690 g/mol. The number of rotatable bonds is 7. The molecule has 2 aromatic carbocycles. The van der Waals surface area contributed by atoms with Gasteiger partial charge in [-0.2, -0.15) is 9.97 Å². The van der Waals surface area contributed by atoms with Gasteiger partial charge in [0, 0.05) is 42.4 Å². The number of phenols is 1. The molecule has 4 fully saturated rings. The second-order valence-electron chi connectivity index (χ2n) is 14.9. The molecule has 4 aliphatic rings. The van der Waals surface area contributed by atoms with Crippen LogP contribution < -0.4 is 9.64 Å². The molecular weight excluding hydrogens is 644 g/mol. The third-order valence-electron chi connectivity index (χ3n) is 11.4. The number of hydrogen-bond acceptors (Lipinski definition) is 10. The van der Waals surface area contributed by atoms with Gasteiger partial charge in [-0.05, 0) is 86.5 Å². The lowest BCUT2D eigenvalue weighted by Crippen LogP contribution is -2.55. The highest BCUT2D eigenvalue weighted by Crippen LogP contribution is 2.49. The number of aromatic hydroxyl groups is 1. The Morgan fingerprint density at radius 2 is 1.92 bits per heavy atom. The lowest BCUT2D eigenvalue weighted by atomic mass is 9.75. The maximum Gasteiger partial charge on any atom is 0.319 e. The van der Waals surface area contributed by atoms with Crippen molar-refractivity contribution in [3.63, 3.8) is 0 Å². The van der Waals surface area contributed by atoms with Crippen LogP contribution in [0.3, 0.4) is 0 Å². The number of aromatic nitrogens is 3. The highest BCUT2D eigenvalue weighted by atomic mass is 19.1. The highest BCUT2D eigenvalue weighted by Gasteiger charge is 2.50. The molecule has 3 aliphatic heterocycles. The summed E-state index contributed by atoms with van der Waals surface area (Å²) in [5.74, 6) is -0.828. The molecule has 1 unspecified atom stereocenters. The number of hydrogen-bond donors (Lipinski definition) is 2. The van der Waals surface area contributed by atoms with E-state index >= 15 is 8.78 Å². The number of halogens is 2. The van der Waals surface area contributed by atoms with Crippen molar-refractivity contribution in [3.05, 3.63) is 47.7 Å². The summed E-state index contributed by atoms with van der Waals surface area (Å²) in [6.07, 6.45) is 8.31. The van der Waals surface area contributed by atoms with Crippen LogP contribution in [-0.4, -0.2) is 100 Å². The number of likely N-dealkylation sites (tertiary alicyclic amines) is 1. The monoisotopic (exact) mass is 689 g/mol. The van der Waals surface area contributed by atoms with Gasteiger partial charge in [0.25, 0.3) is 0 Å². The Labute approximate surface area is 290 Å². The lowest BCUT2D eigenvalue weighted by Gasteiger charge is -2.48. The molecule has 3 saturated heterocycles. The Bertz CT molecular complexity index is 1920. The van der Waals surface area contributed by atoms with Gasteiger partial charge in [-0.15, -0.1) is 0 Å². The van der Waals surface area contributed by atoms with Gasteiger partial charge in [-0.3, -0.25) is 9.88 Å². The Morgan fingerprint density at radius 1 is 1.06 bits per heavy atom. The summed E-state index contributed by atoms with van der Waals surface area (Å²) < 4.78 is 50.1. The van der Waals surface area contributed by atoms with Gasteiger partial charge in [-0.1, -0.05) is 19.4 Å². The fraction of sp³-hybridized carbons (Fsp3) is 0.553. The SMILES string of the molecule is CCc1c(F)ccc2cc(O)cc(-c3ncc4c(N5CCOC[C@@](C)(O)C5)nc(OC[C@]56CCC[C@H]5N(C5CCOC5)CCC6)nc4c3F)c12. The normalized spacial score (nSPS) is 27.6. The van der Waals surface area contributed by atoms with E-state index in [4.69, 9.17) is 24.2 Å². The van der Waals surface area contributed by atoms with Crippen molar-refractivity contribution in [2.45, 2.75) is 76.5 Å². The van der Waals surface area contributed by atoms with Gasteiger partial charge < -0.3 is 29.3 Å². The number of benzene rings is 2. The molecule has 1 saturated carbocycles. The van der Waals surface area contributed by atoms with Crippen LogP contribution >= 0.6 is 0 Å². The summed E-state index contributed by atoms with van der Waals surface area (Å²) in [6.45, 7) is 7.67. The number of aliphatic hydroxyl groups is 1. The van der Waals surface area contributed by atoms with Crippen molar-refractivity contribution in [1.82, 2.24) is 19.9 Å². The van der Waals surface area contributed by atoms with Crippen molar-refractivity contribution in [3.8, 4) is 23.0 Å². The van der Waals surface area contributed by atoms with E-state index in [-0.39, 0.29) is 47.1 Å². The third kappa shape index (κ3) is 5.93. The van der Waals surface area contributed by atoms with Gasteiger partial charge in [0.15, 0.2) is 5.82 Å². The standard InChI is InChI=1S/C38H45F2N5O5/c1-3-26-29(39)8-7-23-16-25(46)17-27(31(23)26)33-32(40)34-28(18-41-33)35(44-13-15-49-21-37(2,47)20-44)43-36(42-34)50-22-38-10-4-6-30(38)45(12-5-11-38)24-9-14-48-19-24/h7-8,16-18,24,30,46-47H,3-6,9-15,19-22H2,1-2H3/t24?,30-,37+,38-/m1/s1. The summed E-state index contributed by atoms with van der Waals surface area (Å²) >= 11 is 0. The number of ether oxygens (including phenoxy) is 3. The topological polar surface area (TPSA) is 113 Å². The molecule has 2 aromatic heterocycles. The van der Waals surface area contributed by atoms with E-state index < -0.39 is 17.2 Å². The van der Waals surface area contributed by atoms with Crippen LogP contribution in [0.2, 0.25) is 0 Å². The summed E-state index contributed by atoms with van der Waals surface area (Å²) in [6, 6.07) is 6.75. The maximum absolute atomic E-state index is 17.0. The van der Waals surface area contributed by atoms with Crippen molar-refractivity contribution in [2.24, 2.45) is 5.41 Å². The van der Waals surface area contributed by atoms with Gasteiger partial charge in [0.1, 0.15) is 34.2 Å². The second kappa shape index (κ2) is 13.1. The van der Waals surface area contributed by atoms with Crippen LogP contribution in [0.5, 0.6) is 11.8 Å². The smallest absolute Gasteiger partial charge is 0.319 e. The van der Waals surface area contributed by atoms with Crippen LogP contribution in [0.1, 0.15) is 57.9 Å². The first-order chi connectivity index (χ1) is 24.2. The minimum absolute atomic E-state index is 0.000371. The van der Waals surface area contributed by atoms with Crippen LogP contribution in [0.25, 0.3) is 32.9 Å². The van der Waals surface area contributed by atoms with Crippen molar-refractivity contribution in [2.75, 3.05) is 57.6 Å². The quantitative estimate of drug-likeness (QED) is 0.248. The molecule has 2 N–H and O–H groups in total. The van der Waals surface area contributed by atoms with E-state index in [0.29, 0.717) is 65.8 Å². The first kappa shape index (κ1) is 33.4. The zero-order chi connectivity index (χ0) is 34.6. The largest absolute Gasteiger partial charge is 0.508 e. The molecule has 8 rings (SSSR count). The zero-order valence-electron chi connectivity index (χ0n) is 28.8. The van der Waals surface area contributed by atoms with Crippen LogP contribution in [-0.2, 0) is 15.9 Å². The average Bonchev–Trinajstić information content (AvgIpc) is 3.76. The van der Waals surface area contributed by atoms with E-state index in [9.17, 15) is 10.2 Å². The molecule has 12 heteroatoms. The molecule has 4 atom stereocenters. The van der Waals surface area contributed by atoms with E-state index in [2.05, 4.69) is 9.88 Å². The summed E-state index contributed by atoms with van der Waals surface area (Å²) in [4.78, 5) is 18.6. The highest BCUT2D eigenvalue weighted by molar-refractivity contribution is 6.01. The molecule has 1 aliphatic carbocycles. The van der Waals surface area contributed by atoms with E-state index in [1.54, 1.807) is 13.0 Å². The number of β-amino-alcohol motifs (C(OH)–C–C–N with tert-alkyl or cyclic N) is 1. The molecule has 0 bridgehead atoms. The number of aryl methyl sites for hydroxylation is 1. The summed E-state index contributed by atoms with van der Waals surface area (Å²) in [5, 5.41) is 23.1. The van der Waals surface area contributed by atoms with E-state index in [1.807, 2.05) is 11.8 Å². The van der Waals surface area contributed by atoms with Gasteiger partial charge in [0.05, 0.1) is 38.4 Å². The maximum atomic E-state index is 17.0. The fourth-order valence-corrected chi connectivity index (χ4v) is 9.10. The number of fused-ring (bicyclic) bond motifs is 3. The Kier molecular flexibility index (Phi) is 8.77. The third-order valence-corrected chi connectivity index (χ3v) is 11.4. The minimum atomic E-state index is -1.17. The number of nitrogens with zero attached hydrogens (tertiary/aromatic N) is 5. The van der Waals surface area contributed by atoms with Gasteiger partial charge in [0.2, 0.25) is 0 Å². The number of piperidine rings is 1. The first-order valence-corrected chi connectivity index (χ1v) is 18.0. The molecule has 0 radical (unpaired) electrons. The molecular formula is C38H45F2N5O5. The van der Waals surface area contributed by atoms with E-state index in [1.165, 1.54) is 24.4 Å². The van der Waals surface area contributed by atoms with Crippen LogP contribution in [0, 0.1) is 17.0 Å². The van der Waals surface area contributed by atoms with Gasteiger partial charge >= 0.3 is 6.01 Å². The fourth-order valence-electron chi connectivity index (χ4n) is 9.10. The van der Waals surface area contributed by atoms with E-state index in [0.717, 1.165) is 58.3 Å². The zero-order valence-corrected chi connectivity index (χ0v) is 28.8. The lowest BCUT2D eigenvalue weighted by molar-refractivity contribution is -0.0241. The Balaban J connectivity index is 1.23. The van der Waals surface area contributed by atoms with Crippen molar-refractivity contribution < 1.29 is 33.2 Å². The Hall–Kier alpha value is -3.71. The first-order valence-electron chi connectivity index (χ1n) is 18.0. The van der Waals surface area contributed by atoms with Crippen LogP contribution in [0.15, 0.2) is 30.5 Å². The number of anilines is 1. The predicted octanol–water partition coefficient (Wildman–Crippen LogP) is 5.78. The number of pyridine rings is 1. The molecule has 50 heavy (non-hydrogen) atoms. The Morgan fingerprint density at radius 3 is 2.74 bits per heavy atom. The number of phenolic OH excluding ortho intramolecular Hbond substituents is 1. The summed E-state index contributed by atoms with van der Waals surface area (Å²) in [7, 11) is 0. The second-order valence-corrected chi connectivity index (χ2v) is 14.9. The van der Waals surface area contributed by atoms with Crippen molar-refractivity contribution >= 4 is 27.5 Å². The molecule has 0 spiro atoms. The minimum Gasteiger partial charge on any atom is -0.508 e.